The number of nitrogens with one attached hydrogen (secondary N) is 3. The van der Waals surface area contributed by atoms with Gasteiger partial charge in [0.2, 0.25) is 0 Å². The summed E-state index contributed by atoms with van der Waals surface area (Å²) < 4.78 is 27.8. The van der Waals surface area contributed by atoms with Crippen molar-refractivity contribution in [2.45, 2.75) is 4.90 Å². The third-order valence-electron chi connectivity index (χ3n) is 4.18. The number of sulfonamides is 1. The lowest BCUT2D eigenvalue weighted by molar-refractivity contribution is 0.102. The Labute approximate surface area is 181 Å². The van der Waals surface area contributed by atoms with Crippen molar-refractivity contribution >= 4 is 61.5 Å². The molecular weight excluding hydrogens is 449 g/mol. The number of aromatic amines is 1. The van der Waals surface area contributed by atoms with Gasteiger partial charge in [-0.15, -0.1) is 5.10 Å². The Morgan fingerprint density at radius 2 is 1.67 bits per heavy atom. The van der Waals surface area contributed by atoms with Gasteiger partial charge in [0.1, 0.15) is 5.52 Å². The van der Waals surface area contributed by atoms with Gasteiger partial charge >= 0.3 is 0 Å². The number of fused-ring (bicyclic) bond motifs is 1. The smallest absolute Gasteiger partial charge is 0.261 e. The number of aromatic nitrogens is 3. The van der Waals surface area contributed by atoms with Gasteiger partial charge in [0.15, 0.2) is 0 Å². The second-order valence-corrected chi connectivity index (χ2v) is 8.80. The topological polar surface area (TPSA) is 117 Å². The Kier molecular flexibility index (Phi) is 5.33. The van der Waals surface area contributed by atoms with E-state index in [1.54, 1.807) is 18.2 Å². The normalized spacial score (nSPS) is 11.4. The van der Waals surface area contributed by atoms with E-state index in [0.29, 0.717) is 21.7 Å². The van der Waals surface area contributed by atoms with E-state index in [0.717, 1.165) is 0 Å². The first-order chi connectivity index (χ1) is 14.3. The highest BCUT2D eigenvalue weighted by atomic mass is 35.5. The molecule has 0 radical (unpaired) electrons. The molecule has 11 heteroatoms. The number of anilines is 2. The van der Waals surface area contributed by atoms with Gasteiger partial charge in [-0.05, 0) is 60.7 Å². The van der Waals surface area contributed by atoms with E-state index in [1.807, 2.05) is 0 Å². The summed E-state index contributed by atoms with van der Waals surface area (Å²) in [5, 5.41) is 13.7. The van der Waals surface area contributed by atoms with Gasteiger partial charge in [-0.2, -0.15) is 0 Å². The quantitative estimate of drug-likeness (QED) is 0.409. The lowest BCUT2D eigenvalue weighted by Crippen LogP contribution is -2.18. The van der Waals surface area contributed by atoms with E-state index in [-0.39, 0.29) is 21.2 Å². The zero-order valence-electron chi connectivity index (χ0n) is 15.1. The lowest BCUT2D eigenvalue weighted by atomic mass is 10.1. The van der Waals surface area contributed by atoms with Gasteiger partial charge in [0.25, 0.3) is 15.9 Å². The molecule has 0 spiro atoms. The third-order valence-corrected chi connectivity index (χ3v) is 6.05. The number of carbonyl (C=O) groups is 1. The van der Waals surface area contributed by atoms with Crippen molar-refractivity contribution in [3.63, 3.8) is 0 Å². The number of H-pyrrole nitrogens is 1. The number of hydrogen-bond acceptors (Lipinski definition) is 5. The second kappa shape index (κ2) is 7.94. The molecule has 0 unspecified atom stereocenters. The fourth-order valence-electron chi connectivity index (χ4n) is 2.73. The summed E-state index contributed by atoms with van der Waals surface area (Å²) >= 11 is 11.9. The number of amides is 1. The monoisotopic (exact) mass is 461 g/mol. The maximum absolute atomic E-state index is 12.9. The van der Waals surface area contributed by atoms with Crippen molar-refractivity contribution in [3.8, 4) is 0 Å². The summed E-state index contributed by atoms with van der Waals surface area (Å²) in [7, 11) is -3.95. The molecule has 8 nitrogen and oxygen atoms in total. The van der Waals surface area contributed by atoms with Crippen LogP contribution in [-0.2, 0) is 10.0 Å². The number of carbonyl (C=O) groups excluding carboxylic acids is 1. The van der Waals surface area contributed by atoms with Gasteiger partial charge in [-0.25, -0.2) is 8.42 Å². The second-order valence-electron chi connectivity index (χ2n) is 6.25. The highest BCUT2D eigenvalue weighted by Crippen LogP contribution is 2.26. The summed E-state index contributed by atoms with van der Waals surface area (Å²) in [6.45, 7) is 0. The molecule has 152 valence electrons. The Morgan fingerprint density at radius 1 is 0.933 bits per heavy atom. The van der Waals surface area contributed by atoms with Crippen LogP contribution in [0.25, 0.3) is 11.0 Å². The maximum atomic E-state index is 12.9. The third kappa shape index (κ3) is 4.23. The summed E-state index contributed by atoms with van der Waals surface area (Å²) in [4.78, 5) is 12.9. The molecule has 30 heavy (non-hydrogen) atoms. The molecule has 4 aromatic rings. The molecule has 0 aliphatic carbocycles. The Balaban J connectivity index is 1.64. The fourth-order valence-corrected chi connectivity index (χ4v) is 4.11. The first-order valence-electron chi connectivity index (χ1n) is 8.52. The van der Waals surface area contributed by atoms with Crippen LogP contribution in [0.5, 0.6) is 0 Å². The number of rotatable bonds is 5. The zero-order chi connectivity index (χ0) is 21.3. The molecule has 1 aromatic heterocycles. The number of benzene rings is 3. The van der Waals surface area contributed by atoms with Crippen LogP contribution in [0.1, 0.15) is 10.4 Å². The zero-order valence-corrected chi connectivity index (χ0v) is 17.4. The Bertz CT molecular complexity index is 1350. The van der Waals surface area contributed by atoms with Crippen LogP contribution < -0.4 is 10.0 Å². The fraction of sp³-hybridized carbons (Fsp3) is 0. The molecule has 3 aromatic carbocycles. The molecule has 0 atom stereocenters. The van der Waals surface area contributed by atoms with E-state index >= 15 is 0 Å². The van der Waals surface area contributed by atoms with Crippen LogP contribution in [-0.4, -0.2) is 29.7 Å². The van der Waals surface area contributed by atoms with E-state index in [9.17, 15) is 13.2 Å². The van der Waals surface area contributed by atoms with Crippen LogP contribution in [0.3, 0.4) is 0 Å². The van der Waals surface area contributed by atoms with E-state index in [1.165, 1.54) is 42.5 Å². The van der Waals surface area contributed by atoms with E-state index in [2.05, 4.69) is 25.4 Å². The van der Waals surface area contributed by atoms with E-state index < -0.39 is 15.9 Å². The highest BCUT2D eigenvalue weighted by molar-refractivity contribution is 7.92. The van der Waals surface area contributed by atoms with Crippen LogP contribution in [0.2, 0.25) is 10.0 Å². The van der Waals surface area contributed by atoms with Crippen molar-refractivity contribution in [2.75, 3.05) is 10.0 Å². The molecular formula is C19H13Cl2N5O3S. The predicted molar refractivity (Wildman–Crippen MR) is 116 cm³/mol. The molecule has 0 saturated heterocycles. The summed E-state index contributed by atoms with van der Waals surface area (Å²) in [6, 6.07) is 15.0. The average molecular weight is 462 g/mol. The largest absolute Gasteiger partial charge is 0.322 e. The SMILES string of the molecule is O=C(Nc1ccc2[nH]nnc2c1)c1cc(Cl)ccc1NS(=O)(=O)c1ccc(Cl)cc1. The van der Waals surface area contributed by atoms with Crippen molar-refractivity contribution in [1.29, 1.82) is 0 Å². The average Bonchev–Trinajstić information content (AvgIpc) is 3.17. The molecule has 0 fully saturated rings. The molecule has 0 aliphatic heterocycles. The first kappa shape index (κ1) is 20.1. The van der Waals surface area contributed by atoms with Crippen LogP contribution in [0.4, 0.5) is 11.4 Å². The summed E-state index contributed by atoms with van der Waals surface area (Å²) in [5.74, 6) is -0.547. The highest BCUT2D eigenvalue weighted by Gasteiger charge is 2.19. The number of hydrogen-bond donors (Lipinski definition) is 3. The number of nitrogens with zero attached hydrogens (tertiary/aromatic N) is 2. The Hall–Kier alpha value is -3.14. The molecule has 0 saturated carbocycles. The summed E-state index contributed by atoms with van der Waals surface area (Å²) in [6.07, 6.45) is 0. The van der Waals surface area contributed by atoms with Crippen molar-refractivity contribution in [2.24, 2.45) is 0 Å². The summed E-state index contributed by atoms with van der Waals surface area (Å²) in [5.41, 5.74) is 1.89. The van der Waals surface area contributed by atoms with E-state index in [4.69, 9.17) is 23.2 Å². The van der Waals surface area contributed by atoms with Crippen LogP contribution in [0.15, 0.2) is 65.6 Å². The van der Waals surface area contributed by atoms with Gasteiger partial charge in [-0.1, -0.05) is 28.4 Å². The van der Waals surface area contributed by atoms with Gasteiger partial charge in [0.05, 0.1) is 21.7 Å². The van der Waals surface area contributed by atoms with Crippen LogP contribution in [0, 0.1) is 0 Å². The van der Waals surface area contributed by atoms with Crippen LogP contribution >= 0.6 is 23.2 Å². The molecule has 1 amide bonds. The van der Waals surface area contributed by atoms with Crippen molar-refractivity contribution < 1.29 is 13.2 Å². The maximum Gasteiger partial charge on any atom is 0.261 e. The van der Waals surface area contributed by atoms with Crippen molar-refractivity contribution in [1.82, 2.24) is 15.4 Å². The first-order valence-corrected chi connectivity index (χ1v) is 10.8. The minimum Gasteiger partial charge on any atom is -0.322 e. The minimum absolute atomic E-state index is 0.00434. The molecule has 1 heterocycles. The standard InChI is InChI=1S/C19H13Cl2N5O3S/c20-11-1-5-14(6-2-11)30(28,29)25-16-7-3-12(21)9-15(16)19(27)22-13-4-8-17-18(10-13)24-26-23-17/h1-10,25H,(H,22,27)(H,23,24,26). The molecule has 0 aliphatic rings. The molecule has 0 bridgehead atoms. The number of halogens is 2. The lowest BCUT2D eigenvalue weighted by Gasteiger charge is -2.13. The predicted octanol–water partition coefficient (Wildman–Crippen LogP) is 4.32. The minimum atomic E-state index is -3.95. The Morgan fingerprint density at radius 3 is 2.43 bits per heavy atom. The van der Waals surface area contributed by atoms with Crippen molar-refractivity contribution in [3.05, 3.63) is 76.3 Å². The molecule has 4 rings (SSSR count). The van der Waals surface area contributed by atoms with Gasteiger partial charge in [-0.3, -0.25) is 14.6 Å². The van der Waals surface area contributed by atoms with Gasteiger partial charge in [0, 0.05) is 15.7 Å². The van der Waals surface area contributed by atoms with Gasteiger partial charge < -0.3 is 5.32 Å². The molecule has 3 N–H and O–H groups in total.